The van der Waals surface area contributed by atoms with Gasteiger partial charge in [-0.3, -0.25) is 14.9 Å². The van der Waals surface area contributed by atoms with Gasteiger partial charge in [-0.1, -0.05) is 35.6 Å². The van der Waals surface area contributed by atoms with E-state index in [2.05, 4.69) is 15.4 Å². The van der Waals surface area contributed by atoms with Gasteiger partial charge >= 0.3 is 0 Å². The molecule has 1 aromatic heterocycles. The lowest BCUT2D eigenvalue weighted by molar-refractivity contribution is -0.118. The number of aromatic nitrogens is 1. The van der Waals surface area contributed by atoms with Crippen LogP contribution in [0.25, 0.3) is 10.2 Å². The number of amides is 2. The number of nitrogens with one attached hydrogen (secondary N) is 1. The first-order valence-corrected chi connectivity index (χ1v) is 9.06. The molecule has 0 aliphatic carbocycles. The number of carbonyl (C=O) groups is 2. The molecule has 0 saturated carbocycles. The van der Waals surface area contributed by atoms with E-state index in [1.807, 2.05) is 55.5 Å². The highest BCUT2D eigenvalue weighted by atomic mass is 32.1. The van der Waals surface area contributed by atoms with E-state index in [0.29, 0.717) is 23.0 Å². The summed E-state index contributed by atoms with van der Waals surface area (Å²) in [6.45, 7) is 1.95. The molecular weight excluding hydrogens is 348 g/mol. The van der Waals surface area contributed by atoms with Crippen LogP contribution in [-0.4, -0.2) is 22.5 Å². The highest BCUT2D eigenvalue weighted by Gasteiger charge is 2.26. The van der Waals surface area contributed by atoms with Crippen molar-refractivity contribution in [1.82, 2.24) is 4.98 Å². The molecule has 2 heterocycles. The van der Waals surface area contributed by atoms with Crippen LogP contribution in [-0.2, 0) is 9.59 Å². The zero-order valence-corrected chi connectivity index (χ0v) is 14.9. The molecule has 0 spiro atoms. The van der Waals surface area contributed by atoms with Crippen molar-refractivity contribution in [2.45, 2.75) is 19.8 Å². The molecule has 2 amide bonds. The number of rotatable bonds is 3. The Kier molecular flexibility index (Phi) is 4.22. The fourth-order valence-electron chi connectivity index (χ4n) is 2.77. The molecular formula is C19H16N4O2S. The number of para-hydroxylation sites is 1. The Balaban J connectivity index is 1.58. The molecule has 0 radical (unpaired) electrons. The van der Waals surface area contributed by atoms with E-state index in [0.717, 1.165) is 15.8 Å². The summed E-state index contributed by atoms with van der Waals surface area (Å²) in [5.41, 5.74) is 2.86. The summed E-state index contributed by atoms with van der Waals surface area (Å²) in [6.07, 6.45) is 0.567. The second-order valence-corrected chi connectivity index (χ2v) is 7.06. The summed E-state index contributed by atoms with van der Waals surface area (Å²) in [4.78, 5) is 29.2. The van der Waals surface area contributed by atoms with Gasteiger partial charge in [0.2, 0.25) is 5.91 Å². The first kappa shape index (κ1) is 16.4. The molecule has 1 aliphatic heterocycles. The molecule has 130 valence electrons. The number of anilines is 2. The molecule has 1 N–H and O–H groups in total. The maximum atomic E-state index is 12.6. The first-order valence-electron chi connectivity index (χ1n) is 8.24. The minimum absolute atomic E-state index is 0.118. The quantitative estimate of drug-likeness (QED) is 0.769. The van der Waals surface area contributed by atoms with E-state index in [4.69, 9.17) is 0 Å². The minimum atomic E-state index is -0.325. The molecule has 0 bridgehead atoms. The molecule has 26 heavy (non-hydrogen) atoms. The zero-order chi connectivity index (χ0) is 18.1. The van der Waals surface area contributed by atoms with Crippen LogP contribution in [0.4, 0.5) is 10.8 Å². The van der Waals surface area contributed by atoms with Gasteiger partial charge in [-0.05, 0) is 36.8 Å². The van der Waals surface area contributed by atoms with Crippen molar-refractivity contribution >= 4 is 49.9 Å². The van der Waals surface area contributed by atoms with Gasteiger partial charge in [-0.25, -0.2) is 9.99 Å². The summed E-state index contributed by atoms with van der Waals surface area (Å²) in [6, 6.07) is 15.2. The fraction of sp³-hybridized carbons (Fsp3) is 0.158. The van der Waals surface area contributed by atoms with Crippen molar-refractivity contribution in [3.8, 4) is 0 Å². The van der Waals surface area contributed by atoms with E-state index in [9.17, 15) is 9.59 Å². The molecule has 0 unspecified atom stereocenters. The fourth-order valence-corrected chi connectivity index (χ4v) is 3.63. The molecule has 3 aromatic rings. The lowest BCUT2D eigenvalue weighted by Crippen LogP contribution is -2.36. The van der Waals surface area contributed by atoms with Gasteiger partial charge in [-0.2, -0.15) is 5.10 Å². The lowest BCUT2D eigenvalue weighted by atomic mass is 10.1. The molecule has 0 atom stereocenters. The number of carbonyl (C=O) groups excluding carboxylic acids is 2. The van der Waals surface area contributed by atoms with Gasteiger partial charge in [-0.15, -0.1) is 0 Å². The van der Waals surface area contributed by atoms with Gasteiger partial charge in [0.1, 0.15) is 5.71 Å². The van der Waals surface area contributed by atoms with Crippen molar-refractivity contribution in [2.24, 2.45) is 5.10 Å². The predicted octanol–water partition coefficient (Wildman–Crippen LogP) is 3.73. The number of aryl methyl sites for hydroxylation is 1. The number of hydrogen-bond acceptors (Lipinski definition) is 5. The Labute approximate surface area is 154 Å². The highest BCUT2D eigenvalue weighted by Crippen LogP contribution is 2.26. The standard InChI is InChI=1S/C19H16N4O2S/c1-12-5-4-6-13(11-12)23-17(24)10-9-15(22-23)18(25)21-19-20-14-7-2-3-8-16(14)26-19/h2-8,11H,9-10H2,1H3,(H,20,21,25). The number of fused-ring (bicyclic) bond motifs is 1. The monoisotopic (exact) mass is 364 g/mol. The Bertz CT molecular complexity index is 1010. The van der Waals surface area contributed by atoms with E-state index < -0.39 is 0 Å². The van der Waals surface area contributed by atoms with Gasteiger partial charge in [0.25, 0.3) is 5.91 Å². The minimum Gasteiger partial charge on any atom is -0.297 e. The van der Waals surface area contributed by atoms with E-state index >= 15 is 0 Å². The Morgan fingerprint density at radius 1 is 1.15 bits per heavy atom. The number of hydrazone groups is 1. The van der Waals surface area contributed by atoms with Crippen molar-refractivity contribution in [2.75, 3.05) is 10.3 Å². The Morgan fingerprint density at radius 2 is 2.00 bits per heavy atom. The van der Waals surface area contributed by atoms with E-state index in [-0.39, 0.29) is 18.2 Å². The zero-order valence-electron chi connectivity index (χ0n) is 14.1. The molecule has 0 fully saturated rings. The number of nitrogens with zero attached hydrogens (tertiary/aromatic N) is 3. The lowest BCUT2D eigenvalue weighted by Gasteiger charge is -2.23. The maximum absolute atomic E-state index is 12.6. The van der Waals surface area contributed by atoms with Crippen LogP contribution in [0.5, 0.6) is 0 Å². The number of hydrogen-bond donors (Lipinski definition) is 1. The van der Waals surface area contributed by atoms with Crippen molar-refractivity contribution < 1.29 is 9.59 Å². The predicted molar refractivity (Wildman–Crippen MR) is 104 cm³/mol. The molecule has 1 aliphatic rings. The average Bonchev–Trinajstić information content (AvgIpc) is 3.04. The van der Waals surface area contributed by atoms with Crippen molar-refractivity contribution in [1.29, 1.82) is 0 Å². The van der Waals surface area contributed by atoms with Crippen LogP contribution < -0.4 is 10.3 Å². The summed E-state index contributed by atoms with van der Waals surface area (Å²) in [5, 5.41) is 8.92. The van der Waals surface area contributed by atoms with E-state index in [1.165, 1.54) is 16.3 Å². The average molecular weight is 364 g/mol. The van der Waals surface area contributed by atoms with Crippen molar-refractivity contribution in [3.63, 3.8) is 0 Å². The first-order chi connectivity index (χ1) is 12.6. The van der Waals surface area contributed by atoms with E-state index in [1.54, 1.807) is 0 Å². The summed E-state index contributed by atoms with van der Waals surface area (Å²) in [5.74, 6) is -0.443. The molecule has 7 heteroatoms. The van der Waals surface area contributed by atoms with Gasteiger partial charge in [0.15, 0.2) is 5.13 Å². The van der Waals surface area contributed by atoms with Crippen LogP contribution in [0.2, 0.25) is 0 Å². The van der Waals surface area contributed by atoms with Crippen LogP contribution in [0.15, 0.2) is 53.6 Å². The van der Waals surface area contributed by atoms with Crippen molar-refractivity contribution in [3.05, 3.63) is 54.1 Å². The summed E-state index contributed by atoms with van der Waals surface area (Å²) >= 11 is 1.41. The number of thiazole rings is 1. The third-order valence-corrected chi connectivity index (χ3v) is 5.01. The topological polar surface area (TPSA) is 74.7 Å². The highest BCUT2D eigenvalue weighted by molar-refractivity contribution is 7.22. The summed E-state index contributed by atoms with van der Waals surface area (Å²) in [7, 11) is 0. The molecule has 2 aromatic carbocycles. The van der Waals surface area contributed by atoms with Gasteiger partial charge in [0, 0.05) is 12.8 Å². The summed E-state index contributed by atoms with van der Waals surface area (Å²) < 4.78 is 1.00. The molecule has 0 saturated heterocycles. The van der Waals surface area contributed by atoms with Crippen LogP contribution >= 0.6 is 11.3 Å². The molecule has 6 nitrogen and oxygen atoms in total. The smallest absolute Gasteiger partial charge is 0.273 e. The van der Waals surface area contributed by atoms with Crippen LogP contribution in [0.3, 0.4) is 0 Å². The SMILES string of the molecule is Cc1cccc(N2N=C(C(=O)Nc3nc4ccccc4s3)CCC2=O)c1. The third-order valence-electron chi connectivity index (χ3n) is 4.06. The van der Waals surface area contributed by atoms with Gasteiger partial charge in [0.05, 0.1) is 15.9 Å². The Hall–Kier alpha value is -3.06. The second kappa shape index (κ2) is 6.68. The molecule has 4 rings (SSSR count). The largest absolute Gasteiger partial charge is 0.297 e. The van der Waals surface area contributed by atoms with Crippen LogP contribution in [0, 0.1) is 6.92 Å². The maximum Gasteiger partial charge on any atom is 0.273 e. The Morgan fingerprint density at radius 3 is 2.81 bits per heavy atom. The normalized spacial score (nSPS) is 14.4. The second-order valence-electron chi connectivity index (χ2n) is 6.03. The van der Waals surface area contributed by atoms with Crippen LogP contribution in [0.1, 0.15) is 18.4 Å². The van der Waals surface area contributed by atoms with Gasteiger partial charge < -0.3 is 0 Å². The third kappa shape index (κ3) is 3.21. The number of benzene rings is 2.